The van der Waals surface area contributed by atoms with Crippen LogP contribution in [0.3, 0.4) is 0 Å². The van der Waals surface area contributed by atoms with Crippen molar-refractivity contribution in [2.45, 2.75) is 38.4 Å². The minimum atomic E-state index is -4.61. The van der Waals surface area contributed by atoms with E-state index in [1.807, 2.05) is 6.92 Å². The van der Waals surface area contributed by atoms with Gasteiger partial charge in [-0.1, -0.05) is 13.3 Å². The molecule has 110 valence electrons. The first-order chi connectivity index (χ1) is 8.74. The van der Waals surface area contributed by atoms with E-state index < -0.39 is 30.9 Å². The number of halogens is 3. The van der Waals surface area contributed by atoms with Gasteiger partial charge in [-0.05, 0) is 18.8 Å². The molecule has 0 aromatic carbocycles. The Kier molecular flexibility index (Phi) is 5.02. The van der Waals surface area contributed by atoms with Gasteiger partial charge in [0.2, 0.25) is 0 Å². The first kappa shape index (κ1) is 15.6. The van der Waals surface area contributed by atoms with Gasteiger partial charge in [-0.2, -0.15) is 13.2 Å². The van der Waals surface area contributed by atoms with Crippen LogP contribution in [-0.4, -0.2) is 47.4 Å². The number of carbonyl (C=O) groups is 2. The van der Waals surface area contributed by atoms with Gasteiger partial charge in [0.15, 0.2) is 6.61 Å². The molecule has 2 unspecified atom stereocenters. The molecule has 5 nitrogen and oxygen atoms in total. The molecule has 0 aliphatic carbocycles. The van der Waals surface area contributed by atoms with Crippen LogP contribution in [0.2, 0.25) is 0 Å². The highest BCUT2D eigenvalue weighted by Gasteiger charge is 2.38. The number of piperidine rings is 1. The molecule has 1 aliphatic heterocycles. The van der Waals surface area contributed by atoms with Crippen LogP contribution in [-0.2, 0) is 9.53 Å². The number of carboxylic acid groups (broad SMARTS) is 1. The van der Waals surface area contributed by atoms with E-state index in [0.717, 1.165) is 11.3 Å². The van der Waals surface area contributed by atoms with Gasteiger partial charge in [-0.3, -0.25) is 4.90 Å². The van der Waals surface area contributed by atoms with E-state index in [1.54, 1.807) is 0 Å². The zero-order valence-corrected chi connectivity index (χ0v) is 10.4. The molecule has 8 heteroatoms. The van der Waals surface area contributed by atoms with Gasteiger partial charge in [0.1, 0.15) is 6.04 Å². The van der Waals surface area contributed by atoms with Crippen LogP contribution < -0.4 is 0 Å². The lowest BCUT2D eigenvalue weighted by molar-refractivity contribution is -0.164. The zero-order valence-electron chi connectivity index (χ0n) is 10.4. The molecule has 0 aromatic rings. The van der Waals surface area contributed by atoms with Crippen LogP contribution in [0.1, 0.15) is 26.2 Å². The molecule has 0 aromatic heterocycles. The van der Waals surface area contributed by atoms with Crippen LogP contribution in [0, 0.1) is 5.92 Å². The maximum Gasteiger partial charge on any atom is 0.422 e. The Morgan fingerprint density at radius 3 is 2.53 bits per heavy atom. The monoisotopic (exact) mass is 283 g/mol. The van der Waals surface area contributed by atoms with Crippen molar-refractivity contribution >= 4 is 12.1 Å². The Hall–Kier alpha value is -1.47. The normalized spacial score (nSPS) is 24.1. The second-order valence-electron chi connectivity index (χ2n) is 4.52. The molecule has 0 radical (unpaired) electrons. The summed E-state index contributed by atoms with van der Waals surface area (Å²) in [6.07, 6.45) is -4.25. The number of ether oxygens (including phenoxy) is 1. The number of likely N-dealkylation sites (tertiary alicyclic amines) is 1. The number of hydrogen-bond donors (Lipinski definition) is 1. The van der Waals surface area contributed by atoms with Crippen LogP contribution in [0.25, 0.3) is 0 Å². The first-order valence-electron chi connectivity index (χ1n) is 5.97. The van der Waals surface area contributed by atoms with E-state index in [4.69, 9.17) is 5.11 Å². The molecule has 1 aliphatic rings. The predicted octanol–water partition coefficient (Wildman–Crippen LogP) is 2.26. The third kappa shape index (κ3) is 4.60. The SMILES string of the molecule is CCC1CCN(C(=O)OCC(F)(F)F)C(C(=O)O)C1. The molecule has 1 amide bonds. The number of alkyl halides is 3. The third-order valence-electron chi connectivity index (χ3n) is 3.17. The summed E-state index contributed by atoms with van der Waals surface area (Å²) in [5.74, 6) is -1.06. The molecule has 1 rings (SSSR count). The molecular formula is C11H16F3NO4. The summed E-state index contributed by atoms with van der Waals surface area (Å²) in [4.78, 5) is 23.4. The lowest BCUT2D eigenvalue weighted by Gasteiger charge is -2.36. The summed E-state index contributed by atoms with van der Waals surface area (Å²) in [6, 6.07) is -1.11. The highest BCUT2D eigenvalue weighted by atomic mass is 19.4. The fourth-order valence-corrected chi connectivity index (χ4v) is 2.09. The maximum absolute atomic E-state index is 11.9. The summed E-state index contributed by atoms with van der Waals surface area (Å²) in [5.41, 5.74) is 0. The number of hydrogen-bond acceptors (Lipinski definition) is 3. The smallest absolute Gasteiger partial charge is 0.422 e. The van der Waals surface area contributed by atoms with Gasteiger partial charge in [0, 0.05) is 6.54 Å². The number of rotatable bonds is 3. The van der Waals surface area contributed by atoms with Crippen molar-refractivity contribution in [2.75, 3.05) is 13.2 Å². The zero-order chi connectivity index (χ0) is 14.6. The van der Waals surface area contributed by atoms with E-state index in [0.29, 0.717) is 6.42 Å². The Bertz CT molecular complexity index is 345. The standard InChI is InChI=1S/C11H16F3NO4/c1-2-7-3-4-15(8(5-7)9(16)17)10(18)19-6-11(12,13)14/h7-8H,2-6H2,1H3,(H,16,17). The van der Waals surface area contributed by atoms with Gasteiger partial charge < -0.3 is 9.84 Å². The van der Waals surface area contributed by atoms with Crippen LogP contribution >= 0.6 is 0 Å². The van der Waals surface area contributed by atoms with Crippen LogP contribution in [0.4, 0.5) is 18.0 Å². The van der Waals surface area contributed by atoms with E-state index in [9.17, 15) is 22.8 Å². The van der Waals surface area contributed by atoms with Gasteiger partial charge in [-0.25, -0.2) is 9.59 Å². The average Bonchev–Trinajstić information content (AvgIpc) is 2.34. The van der Waals surface area contributed by atoms with Gasteiger partial charge in [0.25, 0.3) is 0 Å². The largest absolute Gasteiger partial charge is 0.480 e. The van der Waals surface area contributed by atoms with Crippen molar-refractivity contribution < 1.29 is 32.6 Å². The lowest BCUT2D eigenvalue weighted by Crippen LogP contribution is -2.50. The molecule has 1 saturated heterocycles. The Morgan fingerprint density at radius 1 is 1.42 bits per heavy atom. The topological polar surface area (TPSA) is 66.8 Å². The van der Waals surface area contributed by atoms with E-state index >= 15 is 0 Å². The molecule has 1 heterocycles. The second-order valence-corrected chi connectivity index (χ2v) is 4.52. The average molecular weight is 283 g/mol. The van der Waals surface area contributed by atoms with Crippen molar-refractivity contribution in [2.24, 2.45) is 5.92 Å². The van der Waals surface area contributed by atoms with Gasteiger partial charge >= 0.3 is 18.2 Å². The summed E-state index contributed by atoms with van der Waals surface area (Å²) in [7, 11) is 0. The molecule has 19 heavy (non-hydrogen) atoms. The molecule has 0 saturated carbocycles. The van der Waals surface area contributed by atoms with Crippen molar-refractivity contribution in [1.82, 2.24) is 4.90 Å². The quantitative estimate of drug-likeness (QED) is 0.862. The minimum absolute atomic E-state index is 0.103. The van der Waals surface area contributed by atoms with Gasteiger partial charge in [-0.15, -0.1) is 0 Å². The Morgan fingerprint density at radius 2 is 2.05 bits per heavy atom. The Labute approximate surface area is 108 Å². The van der Waals surface area contributed by atoms with Crippen molar-refractivity contribution in [3.05, 3.63) is 0 Å². The number of carboxylic acids is 1. The fourth-order valence-electron chi connectivity index (χ4n) is 2.09. The van der Waals surface area contributed by atoms with Crippen molar-refractivity contribution in [3.8, 4) is 0 Å². The fraction of sp³-hybridized carbons (Fsp3) is 0.818. The third-order valence-corrected chi connectivity index (χ3v) is 3.17. The van der Waals surface area contributed by atoms with Crippen molar-refractivity contribution in [3.63, 3.8) is 0 Å². The van der Waals surface area contributed by atoms with Crippen LogP contribution in [0.5, 0.6) is 0 Å². The number of nitrogens with zero attached hydrogens (tertiary/aromatic N) is 1. The van der Waals surface area contributed by atoms with Crippen LogP contribution in [0.15, 0.2) is 0 Å². The highest BCUT2D eigenvalue weighted by Crippen LogP contribution is 2.26. The molecule has 1 fully saturated rings. The van der Waals surface area contributed by atoms with Gasteiger partial charge in [0.05, 0.1) is 0 Å². The van der Waals surface area contributed by atoms with E-state index in [2.05, 4.69) is 4.74 Å². The van der Waals surface area contributed by atoms with Crippen molar-refractivity contribution in [1.29, 1.82) is 0 Å². The highest BCUT2D eigenvalue weighted by molar-refractivity contribution is 5.80. The van der Waals surface area contributed by atoms with E-state index in [-0.39, 0.29) is 18.9 Å². The number of aliphatic carboxylic acids is 1. The predicted molar refractivity (Wildman–Crippen MR) is 58.5 cm³/mol. The molecular weight excluding hydrogens is 267 g/mol. The molecule has 0 bridgehead atoms. The summed E-state index contributed by atoms with van der Waals surface area (Å²) in [6.45, 7) is 0.305. The summed E-state index contributed by atoms with van der Waals surface area (Å²) >= 11 is 0. The minimum Gasteiger partial charge on any atom is -0.480 e. The molecule has 2 atom stereocenters. The number of carbonyl (C=O) groups excluding carboxylic acids is 1. The second kappa shape index (κ2) is 6.12. The van der Waals surface area contributed by atoms with E-state index in [1.165, 1.54) is 0 Å². The number of amides is 1. The first-order valence-corrected chi connectivity index (χ1v) is 5.97. The maximum atomic E-state index is 11.9. The lowest BCUT2D eigenvalue weighted by atomic mass is 9.89. The molecule has 1 N–H and O–H groups in total. The molecule has 0 spiro atoms. The summed E-state index contributed by atoms with van der Waals surface area (Å²) in [5, 5.41) is 9.03. The summed E-state index contributed by atoms with van der Waals surface area (Å²) < 4.78 is 39.9. The Balaban J connectivity index is 2.64.